The maximum atomic E-state index is 12.9. The van der Waals surface area contributed by atoms with E-state index < -0.39 is 11.9 Å². The summed E-state index contributed by atoms with van der Waals surface area (Å²) in [6.45, 7) is 5.76. The Morgan fingerprint density at radius 3 is 2.31 bits per heavy atom. The number of nitrogens with one attached hydrogen (secondary N) is 3. The number of ether oxygens (including phenoxy) is 4. The minimum Gasteiger partial charge on any atom is -0.377 e. The highest BCUT2D eigenvalue weighted by molar-refractivity contribution is 7.99. The molecule has 1 unspecified atom stereocenters. The van der Waals surface area contributed by atoms with Crippen LogP contribution in [0.25, 0.3) is 0 Å². The molecule has 17 nitrogen and oxygen atoms in total. The highest BCUT2D eigenvalue weighted by atomic mass is 32.2. The average Bonchev–Trinajstić information content (AvgIpc) is 3.52. The van der Waals surface area contributed by atoms with E-state index in [1.54, 1.807) is 24.5 Å². The van der Waals surface area contributed by atoms with Crippen LogP contribution < -0.4 is 26.6 Å². The van der Waals surface area contributed by atoms with E-state index in [0.717, 1.165) is 52.8 Å². The van der Waals surface area contributed by atoms with Crippen molar-refractivity contribution in [3.05, 3.63) is 71.5 Å². The van der Waals surface area contributed by atoms with Gasteiger partial charge in [-0.1, -0.05) is 30.0 Å². The number of piperidine rings is 2. The topological polar surface area (TPSA) is 217 Å². The van der Waals surface area contributed by atoms with Crippen molar-refractivity contribution < 1.29 is 42.9 Å². The van der Waals surface area contributed by atoms with Gasteiger partial charge in [-0.3, -0.25) is 29.3 Å². The molecule has 1 aromatic heterocycles. The lowest BCUT2D eigenvalue weighted by Crippen LogP contribution is -2.52. The Kier molecular flexibility index (Phi) is 15.2. The van der Waals surface area contributed by atoms with Crippen molar-refractivity contribution in [3.63, 3.8) is 0 Å². The summed E-state index contributed by atoms with van der Waals surface area (Å²) >= 11 is 1.46. The summed E-state index contributed by atoms with van der Waals surface area (Å²) in [5, 5.41) is 8.69. The van der Waals surface area contributed by atoms with Crippen LogP contribution in [0.1, 0.15) is 54.1 Å². The lowest BCUT2D eigenvalue weighted by atomic mass is 9.91. The van der Waals surface area contributed by atoms with Gasteiger partial charge in [-0.2, -0.15) is 0 Å². The number of benzene rings is 2. The number of amides is 5. The predicted molar refractivity (Wildman–Crippen MR) is 213 cm³/mol. The first-order valence-corrected chi connectivity index (χ1v) is 20.1. The van der Waals surface area contributed by atoms with Crippen LogP contribution in [0.4, 0.5) is 11.5 Å². The van der Waals surface area contributed by atoms with Crippen LogP contribution in [0.2, 0.25) is 0 Å². The molecule has 0 saturated carbocycles. The van der Waals surface area contributed by atoms with Crippen LogP contribution in [0.3, 0.4) is 0 Å². The van der Waals surface area contributed by atoms with Crippen molar-refractivity contribution in [2.45, 2.75) is 67.2 Å². The standard InChI is InChI=1S/C40H50N8O9S/c1-40(41)9-11-47(12-10-40)33-22-44-37(23-42-33)58-30-4-2-3-29(20-30)45-36(51)26-57-18-16-55-14-13-54-15-17-56-25-35(50)43-21-27-5-6-31-28(19-27)24-48(39(31)53)32-7-8-34(49)46-38(32)52/h2-6,19-20,22-23,32H,7-18,21,24-26,41H2,1H3,(H,43,50)(H,45,51)(H,46,49,52). The number of carbonyl (C=O) groups excluding carboxylic acids is 5. The van der Waals surface area contributed by atoms with Crippen LogP contribution >= 0.6 is 11.8 Å². The number of aromatic nitrogens is 2. The Bertz CT molecular complexity index is 1920. The second-order valence-electron chi connectivity index (χ2n) is 14.5. The van der Waals surface area contributed by atoms with Crippen LogP contribution in [-0.4, -0.2) is 122 Å². The average molecular weight is 819 g/mol. The normalized spacial score (nSPS) is 17.6. The number of anilines is 2. The molecule has 58 heavy (non-hydrogen) atoms. The van der Waals surface area contributed by atoms with Crippen molar-refractivity contribution in [1.82, 2.24) is 25.5 Å². The third-order valence-corrected chi connectivity index (χ3v) is 10.8. The van der Waals surface area contributed by atoms with Crippen molar-refractivity contribution in [2.24, 2.45) is 5.73 Å². The van der Waals surface area contributed by atoms with E-state index in [9.17, 15) is 24.0 Å². The van der Waals surface area contributed by atoms with E-state index in [-0.39, 0.29) is 81.7 Å². The molecule has 2 saturated heterocycles. The molecule has 3 aromatic rings. The van der Waals surface area contributed by atoms with Gasteiger partial charge in [-0.25, -0.2) is 9.97 Å². The lowest BCUT2D eigenvalue weighted by molar-refractivity contribution is -0.137. The van der Waals surface area contributed by atoms with Gasteiger partial charge in [0.15, 0.2) is 0 Å². The zero-order chi connectivity index (χ0) is 40.9. The number of hydrogen-bond acceptors (Lipinski definition) is 14. The highest BCUT2D eigenvalue weighted by Crippen LogP contribution is 2.30. The molecule has 310 valence electrons. The fraction of sp³-hybridized carbons (Fsp3) is 0.475. The first-order valence-electron chi connectivity index (χ1n) is 19.3. The van der Waals surface area contributed by atoms with Gasteiger partial charge >= 0.3 is 0 Å². The lowest BCUT2D eigenvalue weighted by Gasteiger charge is -2.37. The molecule has 0 bridgehead atoms. The Balaban J connectivity index is 0.754. The summed E-state index contributed by atoms with van der Waals surface area (Å²) in [5.41, 5.74) is 8.86. The summed E-state index contributed by atoms with van der Waals surface area (Å²) in [6.07, 6.45) is 5.87. The summed E-state index contributed by atoms with van der Waals surface area (Å²) < 4.78 is 21.8. The summed E-state index contributed by atoms with van der Waals surface area (Å²) in [7, 11) is 0. The molecule has 2 fully saturated rings. The molecular formula is C40H50N8O9S. The van der Waals surface area contributed by atoms with Crippen LogP contribution in [-0.2, 0) is 51.2 Å². The number of nitrogens with two attached hydrogens (primary N) is 1. The molecule has 3 aliphatic rings. The van der Waals surface area contributed by atoms with Gasteiger partial charge in [0.2, 0.25) is 23.6 Å². The summed E-state index contributed by atoms with van der Waals surface area (Å²) in [6, 6.07) is 12.1. The van der Waals surface area contributed by atoms with E-state index in [1.807, 2.05) is 30.3 Å². The fourth-order valence-corrected chi connectivity index (χ4v) is 7.39. The van der Waals surface area contributed by atoms with Gasteiger partial charge in [0.1, 0.15) is 30.1 Å². The molecule has 0 aliphatic carbocycles. The van der Waals surface area contributed by atoms with E-state index in [2.05, 4.69) is 37.7 Å². The minimum atomic E-state index is -0.676. The third-order valence-electron chi connectivity index (χ3n) is 9.84. The highest BCUT2D eigenvalue weighted by Gasteiger charge is 2.39. The Hall–Kier alpha value is -4.98. The summed E-state index contributed by atoms with van der Waals surface area (Å²) in [4.78, 5) is 75.1. The number of rotatable bonds is 20. The van der Waals surface area contributed by atoms with E-state index in [0.29, 0.717) is 37.5 Å². The van der Waals surface area contributed by atoms with E-state index in [4.69, 9.17) is 24.7 Å². The maximum absolute atomic E-state index is 12.9. The molecule has 5 N–H and O–H groups in total. The quantitative estimate of drug-likeness (QED) is 0.0949. The van der Waals surface area contributed by atoms with Gasteiger partial charge in [0.05, 0.1) is 52.0 Å². The van der Waals surface area contributed by atoms with Crippen molar-refractivity contribution in [2.75, 3.05) is 76.2 Å². The zero-order valence-electron chi connectivity index (χ0n) is 32.5. The van der Waals surface area contributed by atoms with Crippen LogP contribution in [0.15, 0.2) is 64.8 Å². The van der Waals surface area contributed by atoms with Gasteiger partial charge in [0.25, 0.3) is 5.91 Å². The second-order valence-corrected chi connectivity index (χ2v) is 15.6. The number of imide groups is 1. The molecular weight excluding hydrogens is 769 g/mol. The molecule has 2 aromatic carbocycles. The molecule has 6 rings (SSSR count). The van der Waals surface area contributed by atoms with Gasteiger partial charge in [0, 0.05) is 54.3 Å². The van der Waals surface area contributed by atoms with E-state index in [1.165, 1.54) is 16.7 Å². The number of carbonyl (C=O) groups is 5. The van der Waals surface area contributed by atoms with Crippen LogP contribution in [0, 0.1) is 0 Å². The third kappa shape index (κ3) is 12.5. The van der Waals surface area contributed by atoms with Crippen molar-refractivity contribution in [1.29, 1.82) is 0 Å². The predicted octanol–water partition coefficient (Wildman–Crippen LogP) is 2.03. The molecule has 4 heterocycles. The van der Waals surface area contributed by atoms with Gasteiger partial charge in [-0.15, -0.1) is 0 Å². The van der Waals surface area contributed by atoms with Gasteiger partial charge < -0.3 is 45.1 Å². The Morgan fingerprint density at radius 1 is 0.914 bits per heavy atom. The monoisotopic (exact) mass is 818 g/mol. The van der Waals surface area contributed by atoms with Crippen molar-refractivity contribution >= 4 is 52.8 Å². The number of fused-ring (bicyclic) bond motifs is 1. The Morgan fingerprint density at radius 2 is 1.62 bits per heavy atom. The minimum absolute atomic E-state index is 0.117. The smallest absolute Gasteiger partial charge is 0.255 e. The number of nitrogens with zero attached hydrogens (tertiary/aromatic N) is 4. The molecule has 5 amide bonds. The summed E-state index contributed by atoms with van der Waals surface area (Å²) in [5.74, 6) is -0.762. The first-order chi connectivity index (χ1) is 28.0. The molecule has 0 radical (unpaired) electrons. The van der Waals surface area contributed by atoms with E-state index >= 15 is 0 Å². The molecule has 3 aliphatic heterocycles. The first kappa shape index (κ1) is 42.6. The second kappa shape index (κ2) is 20.6. The molecule has 0 spiro atoms. The fourth-order valence-electron chi connectivity index (χ4n) is 6.60. The maximum Gasteiger partial charge on any atom is 0.255 e. The van der Waals surface area contributed by atoms with Crippen LogP contribution in [0.5, 0.6) is 0 Å². The van der Waals surface area contributed by atoms with Gasteiger partial charge in [-0.05, 0) is 61.6 Å². The molecule has 18 heteroatoms. The molecule has 1 atom stereocenters. The zero-order valence-corrected chi connectivity index (χ0v) is 33.4. The SMILES string of the molecule is CC1(N)CCN(c2cnc(Sc3cccc(NC(=O)COCCOCCOCCOCC(=O)NCc4ccc5c(c4)CN(C4CCC(=O)NC4=O)C5=O)c3)cn2)CC1. The Labute approximate surface area is 341 Å². The van der Waals surface area contributed by atoms with Crippen molar-refractivity contribution in [3.8, 4) is 0 Å². The largest absolute Gasteiger partial charge is 0.377 e. The number of hydrogen-bond donors (Lipinski definition) is 4.